The van der Waals surface area contributed by atoms with Gasteiger partial charge in [0.15, 0.2) is 0 Å². The Labute approximate surface area is 122 Å². The predicted molar refractivity (Wildman–Crippen MR) is 82.9 cm³/mol. The first-order valence-corrected chi connectivity index (χ1v) is 8.35. The standard InChI is InChI=1S/C18H26N2/c1-20(18-10-16-7-8-17(11-18)19-16)12-13-5-6-14-3-2-4-15(14)9-13/h5-6,9,16-19H,2-4,7-8,10-12H2,1H3. The fourth-order valence-electron chi connectivity index (χ4n) is 4.53. The normalized spacial score (nSPS) is 31.8. The topological polar surface area (TPSA) is 15.3 Å². The Hall–Kier alpha value is -0.860. The molecule has 1 aliphatic carbocycles. The van der Waals surface area contributed by atoms with Gasteiger partial charge in [-0.1, -0.05) is 18.2 Å². The molecule has 2 unspecified atom stereocenters. The van der Waals surface area contributed by atoms with Gasteiger partial charge in [-0.3, -0.25) is 4.90 Å². The molecule has 2 nitrogen and oxygen atoms in total. The average Bonchev–Trinajstić information content (AvgIpc) is 3.04. The molecule has 3 aliphatic rings. The fourth-order valence-corrected chi connectivity index (χ4v) is 4.53. The van der Waals surface area contributed by atoms with E-state index >= 15 is 0 Å². The van der Waals surface area contributed by atoms with Gasteiger partial charge in [-0.15, -0.1) is 0 Å². The molecule has 2 aliphatic heterocycles. The van der Waals surface area contributed by atoms with Gasteiger partial charge < -0.3 is 5.32 Å². The van der Waals surface area contributed by atoms with Crippen molar-refractivity contribution in [3.63, 3.8) is 0 Å². The van der Waals surface area contributed by atoms with Gasteiger partial charge in [0.2, 0.25) is 0 Å². The second-order valence-electron chi connectivity index (χ2n) is 7.13. The first kappa shape index (κ1) is 12.8. The van der Waals surface area contributed by atoms with Crippen LogP contribution in [0, 0.1) is 0 Å². The smallest absolute Gasteiger partial charge is 0.0233 e. The summed E-state index contributed by atoms with van der Waals surface area (Å²) >= 11 is 0. The van der Waals surface area contributed by atoms with Crippen LogP contribution in [-0.4, -0.2) is 30.1 Å². The number of nitrogens with one attached hydrogen (secondary N) is 1. The molecular formula is C18H26N2. The molecule has 1 aromatic carbocycles. The van der Waals surface area contributed by atoms with E-state index in [1.807, 2.05) is 0 Å². The zero-order chi connectivity index (χ0) is 13.5. The van der Waals surface area contributed by atoms with E-state index in [1.165, 1.54) is 50.5 Å². The van der Waals surface area contributed by atoms with Gasteiger partial charge in [0, 0.05) is 24.7 Å². The maximum atomic E-state index is 3.75. The van der Waals surface area contributed by atoms with Gasteiger partial charge in [0.1, 0.15) is 0 Å². The number of rotatable bonds is 3. The molecule has 20 heavy (non-hydrogen) atoms. The summed E-state index contributed by atoms with van der Waals surface area (Å²) in [5.41, 5.74) is 4.72. The number of fused-ring (bicyclic) bond motifs is 3. The Morgan fingerprint density at radius 2 is 1.85 bits per heavy atom. The quantitative estimate of drug-likeness (QED) is 0.908. The summed E-state index contributed by atoms with van der Waals surface area (Å²) in [5.74, 6) is 0. The minimum atomic E-state index is 0.780. The van der Waals surface area contributed by atoms with Crippen LogP contribution in [-0.2, 0) is 19.4 Å². The molecule has 0 saturated carbocycles. The Morgan fingerprint density at radius 3 is 2.65 bits per heavy atom. The molecule has 2 bridgehead atoms. The van der Waals surface area contributed by atoms with E-state index in [2.05, 4.69) is 35.5 Å². The number of aryl methyl sites for hydroxylation is 2. The van der Waals surface area contributed by atoms with Crippen molar-refractivity contribution in [1.82, 2.24) is 10.2 Å². The van der Waals surface area contributed by atoms with Crippen molar-refractivity contribution in [3.05, 3.63) is 34.9 Å². The van der Waals surface area contributed by atoms with Gasteiger partial charge >= 0.3 is 0 Å². The van der Waals surface area contributed by atoms with E-state index in [4.69, 9.17) is 0 Å². The number of nitrogens with zero attached hydrogens (tertiary/aromatic N) is 1. The molecule has 0 amide bonds. The lowest BCUT2D eigenvalue weighted by Gasteiger charge is -2.35. The summed E-state index contributed by atoms with van der Waals surface area (Å²) in [6.45, 7) is 1.12. The lowest BCUT2D eigenvalue weighted by molar-refractivity contribution is 0.166. The lowest BCUT2D eigenvalue weighted by Crippen LogP contribution is -2.46. The summed E-state index contributed by atoms with van der Waals surface area (Å²) in [4.78, 5) is 2.60. The van der Waals surface area contributed by atoms with Gasteiger partial charge in [-0.05, 0) is 68.7 Å². The van der Waals surface area contributed by atoms with Crippen LogP contribution >= 0.6 is 0 Å². The van der Waals surface area contributed by atoms with Crippen LogP contribution in [0.4, 0.5) is 0 Å². The minimum absolute atomic E-state index is 0.780. The van der Waals surface area contributed by atoms with E-state index in [-0.39, 0.29) is 0 Å². The van der Waals surface area contributed by atoms with E-state index in [0.29, 0.717) is 0 Å². The van der Waals surface area contributed by atoms with Gasteiger partial charge in [-0.2, -0.15) is 0 Å². The van der Waals surface area contributed by atoms with Crippen molar-refractivity contribution in [3.8, 4) is 0 Å². The molecule has 108 valence electrons. The van der Waals surface area contributed by atoms with Crippen LogP contribution in [0.2, 0.25) is 0 Å². The fraction of sp³-hybridized carbons (Fsp3) is 0.667. The SMILES string of the molecule is CN(Cc1ccc2c(c1)CCC2)C1CC2CCC(C1)N2. The van der Waals surface area contributed by atoms with Crippen molar-refractivity contribution < 1.29 is 0 Å². The van der Waals surface area contributed by atoms with Crippen molar-refractivity contribution in [1.29, 1.82) is 0 Å². The molecule has 2 saturated heterocycles. The predicted octanol–water partition coefficient (Wildman–Crippen LogP) is 2.89. The largest absolute Gasteiger partial charge is 0.311 e. The molecule has 0 aromatic heterocycles. The van der Waals surface area contributed by atoms with Crippen molar-refractivity contribution in [2.24, 2.45) is 0 Å². The Kier molecular flexibility index (Phi) is 3.31. The minimum Gasteiger partial charge on any atom is -0.311 e. The highest BCUT2D eigenvalue weighted by atomic mass is 15.2. The molecule has 0 spiro atoms. The monoisotopic (exact) mass is 270 g/mol. The maximum absolute atomic E-state index is 3.75. The summed E-state index contributed by atoms with van der Waals surface area (Å²) in [7, 11) is 2.32. The van der Waals surface area contributed by atoms with Gasteiger partial charge in [0.25, 0.3) is 0 Å². The molecule has 2 heteroatoms. The Balaban J connectivity index is 1.43. The summed E-state index contributed by atoms with van der Waals surface area (Å²) < 4.78 is 0. The summed E-state index contributed by atoms with van der Waals surface area (Å²) in [6.07, 6.45) is 9.43. The third-order valence-electron chi connectivity index (χ3n) is 5.67. The molecule has 0 radical (unpaired) electrons. The van der Waals surface area contributed by atoms with E-state index in [9.17, 15) is 0 Å². The molecule has 2 heterocycles. The van der Waals surface area contributed by atoms with Crippen LogP contribution in [0.1, 0.15) is 48.8 Å². The Morgan fingerprint density at radius 1 is 1.10 bits per heavy atom. The third-order valence-corrected chi connectivity index (χ3v) is 5.67. The van der Waals surface area contributed by atoms with Gasteiger partial charge in [0.05, 0.1) is 0 Å². The second-order valence-corrected chi connectivity index (χ2v) is 7.13. The first-order valence-electron chi connectivity index (χ1n) is 8.35. The van der Waals surface area contributed by atoms with Crippen molar-refractivity contribution in [2.45, 2.75) is 69.6 Å². The van der Waals surface area contributed by atoms with Crippen LogP contribution in [0.3, 0.4) is 0 Å². The van der Waals surface area contributed by atoms with Crippen LogP contribution < -0.4 is 5.32 Å². The molecule has 2 atom stereocenters. The zero-order valence-electron chi connectivity index (χ0n) is 12.6. The Bertz CT molecular complexity index is 484. The molecular weight excluding hydrogens is 244 g/mol. The molecule has 1 N–H and O–H groups in total. The first-order chi connectivity index (χ1) is 9.78. The van der Waals surface area contributed by atoms with Crippen LogP contribution in [0.15, 0.2) is 18.2 Å². The van der Waals surface area contributed by atoms with Gasteiger partial charge in [-0.25, -0.2) is 0 Å². The van der Waals surface area contributed by atoms with E-state index in [1.54, 1.807) is 11.1 Å². The zero-order valence-corrected chi connectivity index (χ0v) is 12.6. The van der Waals surface area contributed by atoms with Crippen LogP contribution in [0.25, 0.3) is 0 Å². The highest BCUT2D eigenvalue weighted by Gasteiger charge is 2.34. The highest BCUT2D eigenvalue weighted by molar-refractivity contribution is 5.35. The molecule has 2 fully saturated rings. The number of hydrogen-bond acceptors (Lipinski definition) is 2. The number of hydrogen-bond donors (Lipinski definition) is 1. The lowest BCUT2D eigenvalue weighted by atomic mass is 9.97. The van der Waals surface area contributed by atoms with E-state index < -0.39 is 0 Å². The van der Waals surface area contributed by atoms with Crippen LogP contribution in [0.5, 0.6) is 0 Å². The number of piperidine rings is 1. The average molecular weight is 270 g/mol. The summed E-state index contributed by atoms with van der Waals surface area (Å²) in [5, 5.41) is 3.75. The third kappa shape index (κ3) is 2.40. The second kappa shape index (κ2) is 5.16. The highest BCUT2D eigenvalue weighted by Crippen LogP contribution is 2.30. The number of benzene rings is 1. The summed E-state index contributed by atoms with van der Waals surface area (Å²) in [6, 6.07) is 9.56. The van der Waals surface area contributed by atoms with Crippen molar-refractivity contribution in [2.75, 3.05) is 7.05 Å². The molecule has 4 rings (SSSR count). The van der Waals surface area contributed by atoms with E-state index in [0.717, 1.165) is 24.7 Å². The maximum Gasteiger partial charge on any atom is 0.0233 e. The molecule has 1 aromatic rings. The van der Waals surface area contributed by atoms with Crippen molar-refractivity contribution >= 4 is 0 Å².